The molecule has 1 saturated heterocycles. The van der Waals surface area contributed by atoms with E-state index < -0.39 is 10.0 Å². The molecule has 0 aliphatic carbocycles. The van der Waals surface area contributed by atoms with Crippen LogP contribution in [0.25, 0.3) is 21.1 Å². The highest BCUT2D eigenvalue weighted by Gasteiger charge is 2.33. The lowest BCUT2D eigenvalue weighted by Crippen LogP contribution is -2.41. The third-order valence-electron chi connectivity index (χ3n) is 5.86. The van der Waals surface area contributed by atoms with Crippen molar-refractivity contribution in [1.29, 1.82) is 0 Å². The minimum absolute atomic E-state index is 0.134. The van der Waals surface area contributed by atoms with Gasteiger partial charge in [0.2, 0.25) is 15.9 Å². The molecule has 0 saturated carbocycles. The van der Waals surface area contributed by atoms with Crippen LogP contribution in [-0.2, 0) is 14.8 Å². The number of fused-ring (bicyclic) bond motifs is 2. The maximum absolute atomic E-state index is 13.3. The molecule has 5 rings (SSSR count). The Morgan fingerprint density at radius 3 is 2.73 bits per heavy atom. The van der Waals surface area contributed by atoms with Gasteiger partial charge in [0, 0.05) is 30.6 Å². The Hall–Kier alpha value is -3.08. The van der Waals surface area contributed by atoms with E-state index in [4.69, 9.17) is 4.74 Å². The zero-order chi connectivity index (χ0) is 23.0. The molecule has 4 aromatic rings. The molecular weight excluding hydrogens is 460 g/mol. The standard InChI is InChI=1S/C23H22N4O4S2/c1-31-17-7-8-18-19(14-17)32-23(25-18)26-22(28)16-9-12-27(13-10-16)33(29,30)20-6-2-4-15-5-3-11-24-21(15)20/h2-8,11,14,16H,9-10,12-13H2,1H3,(H,25,26,28). The summed E-state index contributed by atoms with van der Waals surface area (Å²) in [4.78, 5) is 21.8. The molecule has 0 spiro atoms. The number of hydrogen-bond acceptors (Lipinski definition) is 7. The number of benzene rings is 2. The molecular formula is C23H22N4O4S2. The van der Waals surface area contributed by atoms with E-state index in [1.165, 1.54) is 15.6 Å². The minimum Gasteiger partial charge on any atom is -0.497 e. The quantitative estimate of drug-likeness (QED) is 0.463. The Kier molecular flexibility index (Phi) is 5.73. The summed E-state index contributed by atoms with van der Waals surface area (Å²) < 4.78 is 34.2. The van der Waals surface area contributed by atoms with Crippen LogP contribution < -0.4 is 10.1 Å². The molecule has 2 aromatic heterocycles. The van der Waals surface area contributed by atoms with E-state index in [0.29, 0.717) is 23.5 Å². The number of carbonyl (C=O) groups is 1. The summed E-state index contributed by atoms with van der Waals surface area (Å²) in [6, 6.07) is 14.3. The molecule has 0 atom stereocenters. The second kappa shape index (κ2) is 8.69. The van der Waals surface area contributed by atoms with E-state index in [-0.39, 0.29) is 29.8 Å². The zero-order valence-electron chi connectivity index (χ0n) is 17.9. The number of anilines is 1. The number of nitrogens with zero attached hydrogens (tertiary/aromatic N) is 3. The number of piperidine rings is 1. The summed E-state index contributed by atoms with van der Waals surface area (Å²) in [5, 5.41) is 4.20. The van der Waals surface area contributed by atoms with Crippen LogP contribution in [0, 0.1) is 5.92 Å². The van der Waals surface area contributed by atoms with E-state index in [1.54, 1.807) is 31.5 Å². The second-order valence-electron chi connectivity index (χ2n) is 7.85. The van der Waals surface area contributed by atoms with Gasteiger partial charge in [0.25, 0.3) is 0 Å². The Bertz CT molecular complexity index is 1440. The van der Waals surface area contributed by atoms with E-state index >= 15 is 0 Å². The van der Waals surface area contributed by atoms with E-state index in [1.807, 2.05) is 30.3 Å². The van der Waals surface area contributed by atoms with Crippen LogP contribution in [0.4, 0.5) is 5.13 Å². The average Bonchev–Trinajstić information content (AvgIpc) is 3.25. The first-order chi connectivity index (χ1) is 16.0. The van der Waals surface area contributed by atoms with Gasteiger partial charge in [0.15, 0.2) is 5.13 Å². The lowest BCUT2D eigenvalue weighted by molar-refractivity contribution is -0.120. The number of para-hydroxylation sites is 1. The van der Waals surface area contributed by atoms with Crippen LogP contribution >= 0.6 is 11.3 Å². The number of methoxy groups -OCH3 is 1. The number of aromatic nitrogens is 2. The van der Waals surface area contributed by atoms with Crippen LogP contribution in [0.2, 0.25) is 0 Å². The van der Waals surface area contributed by atoms with Crippen molar-refractivity contribution in [2.24, 2.45) is 5.92 Å². The molecule has 1 N–H and O–H groups in total. The molecule has 8 nitrogen and oxygen atoms in total. The van der Waals surface area contributed by atoms with Crippen molar-refractivity contribution in [2.75, 3.05) is 25.5 Å². The fourth-order valence-electron chi connectivity index (χ4n) is 4.07. The first-order valence-electron chi connectivity index (χ1n) is 10.5. The molecule has 0 radical (unpaired) electrons. The van der Waals surface area contributed by atoms with E-state index in [9.17, 15) is 13.2 Å². The van der Waals surface area contributed by atoms with Crippen LogP contribution in [0.5, 0.6) is 5.75 Å². The van der Waals surface area contributed by atoms with Gasteiger partial charge in [-0.3, -0.25) is 9.78 Å². The molecule has 0 bridgehead atoms. The van der Waals surface area contributed by atoms with E-state index in [2.05, 4.69) is 15.3 Å². The van der Waals surface area contributed by atoms with Crippen LogP contribution in [0.3, 0.4) is 0 Å². The number of ether oxygens (including phenoxy) is 1. The average molecular weight is 483 g/mol. The lowest BCUT2D eigenvalue weighted by atomic mass is 9.97. The van der Waals surface area contributed by atoms with Gasteiger partial charge in [-0.2, -0.15) is 4.31 Å². The summed E-state index contributed by atoms with van der Waals surface area (Å²) in [5.74, 6) is 0.326. The molecule has 1 aliphatic heterocycles. The van der Waals surface area contributed by atoms with Gasteiger partial charge >= 0.3 is 0 Å². The van der Waals surface area contributed by atoms with Crippen LogP contribution in [0.15, 0.2) is 59.6 Å². The van der Waals surface area contributed by atoms with Crippen LogP contribution in [0.1, 0.15) is 12.8 Å². The Morgan fingerprint density at radius 1 is 1.15 bits per heavy atom. The van der Waals surface area contributed by atoms with E-state index in [0.717, 1.165) is 21.4 Å². The highest BCUT2D eigenvalue weighted by atomic mass is 32.2. The number of sulfonamides is 1. The van der Waals surface area contributed by atoms with Crippen molar-refractivity contribution in [3.63, 3.8) is 0 Å². The Labute approximate surface area is 195 Å². The molecule has 170 valence electrons. The number of amides is 1. The van der Waals surface area contributed by atoms with Crippen molar-refractivity contribution in [3.05, 3.63) is 54.7 Å². The fraction of sp³-hybridized carbons (Fsp3) is 0.261. The molecule has 2 aromatic carbocycles. The normalized spacial score (nSPS) is 15.7. The van der Waals surface area contributed by atoms with Crippen molar-refractivity contribution in [1.82, 2.24) is 14.3 Å². The van der Waals surface area contributed by atoms with Gasteiger partial charge in [0.05, 0.1) is 22.8 Å². The van der Waals surface area contributed by atoms with Gasteiger partial charge in [0.1, 0.15) is 10.6 Å². The highest BCUT2D eigenvalue weighted by Crippen LogP contribution is 2.31. The fourth-order valence-corrected chi connectivity index (χ4v) is 6.61. The molecule has 1 amide bonds. The van der Waals surface area contributed by atoms with Crippen molar-refractivity contribution < 1.29 is 17.9 Å². The lowest BCUT2D eigenvalue weighted by Gasteiger charge is -2.30. The zero-order valence-corrected chi connectivity index (χ0v) is 19.5. The Balaban J connectivity index is 1.27. The smallest absolute Gasteiger partial charge is 0.245 e. The SMILES string of the molecule is COc1ccc2nc(NC(=O)C3CCN(S(=O)(=O)c4cccc5cccnc45)CC3)sc2c1. The van der Waals surface area contributed by atoms with Gasteiger partial charge in [-0.15, -0.1) is 0 Å². The van der Waals surface area contributed by atoms with Crippen molar-refractivity contribution in [2.45, 2.75) is 17.7 Å². The van der Waals surface area contributed by atoms with Gasteiger partial charge in [-0.05, 0) is 43.2 Å². The molecule has 10 heteroatoms. The predicted octanol–water partition coefficient (Wildman–Crippen LogP) is 3.89. The molecule has 0 unspecified atom stereocenters. The van der Waals surface area contributed by atoms with Crippen molar-refractivity contribution in [3.8, 4) is 5.75 Å². The summed E-state index contributed by atoms with van der Waals surface area (Å²) in [6.07, 6.45) is 2.49. The maximum Gasteiger partial charge on any atom is 0.245 e. The number of pyridine rings is 1. The first-order valence-corrected chi connectivity index (χ1v) is 12.8. The highest BCUT2D eigenvalue weighted by molar-refractivity contribution is 7.89. The third-order valence-corrected chi connectivity index (χ3v) is 8.73. The van der Waals surface area contributed by atoms with Gasteiger partial charge in [-0.1, -0.05) is 29.5 Å². The summed E-state index contributed by atoms with van der Waals surface area (Å²) >= 11 is 1.39. The number of hydrogen-bond donors (Lipinski definition) is 1. The monoisotopic (exact) mass is 482 g/mol. The molecule has 1 aliphatic rings. The number of nitrogens with one attached hydrogen (secondary N) is 1. The summed E-state index contributed by atoms with van der Waals surface area (Å²) in [7, 11) is -2.10. The molecule has 1 fully saturated rings. The molecule has 33 heavy (non-hydrogen) atoms. The topological polar surface area (TPSA) is 101 Å². The number of carbonyl (C=O) groups excluding carboxylic acids is 1. The van der Waals surface area contributed by atoms with Gasteiger partial charge in [-0.25, -0.2) is 13.4 Å². The minimum atomic E-state index is -3.70. The first kappa shape index (κ1) is 21.7. The van der Waals surface area contributed by atoms with Crippen molar-refractivity contribution >= 4 is 53.5 Å². The predicted molar refractivity (Wildman–Crippen MR) is 128 cm³/mol. The summed E-state index contributed by atoms with van der Waals surface area (Å²) in [5.41, 5.74) is 1.26. The molecule has 3 heterocycles. The van der Waals surface area contributed by atoms with Crippen LogP contribution in [-0.4, -0.2) is 48.8 Å². The summed E-state index contributed by atoms with van der Waals surface area (Å²) in [6.45, 7) is 0.557. The largest absolute Gasteiger partial charge is 0.497 e. The number of thiazole rings is 1. The second-order valence-corrected chi connectivity index (χ2v) is 10.8. The maximum atomic E-state index is 13.3. The third kappa shape index (κ3) is 4.17. The van der Waals surface area contributed by atoms with Gasteiger partial charge < -0.3 is 10.1 Å². The Morgan fingerprint density at radius 2 is 1.94 bits per heavy atom. The number of rotatable bonds is 5.